The second-order valence-corrected chi connectivity index (χ2v) is 7.30. The summed E-state index contributed by atoms with van der Waals surface area (Å²) in [4.78, 5) is 13.6. The largest absolute Gasteiger partial charge is 0.366 e. The number of allylic oxidation sites excluding steroid dienone is 2. The Morgan fingerprint density at radius 2 is 2.04 bits per heavy atom. The van der Waals surface area contributed by atoms with Crippen LogP contribution in [0.15, 0.2) is 29.8 Å². The highest BCUT2D eigenvalue weighted by atomic mass is 19.1. The highest BCUT2D eigenvalue weighted by Crippen LogP contribution is 2.44. The molecule has 136 valence electrons. The molecule has 5 heteroatoms. The van der Waals surface area contributed by atoms with E-state index < -0.39 is 11.7 Å². The molecule has 0 bridgehead atoms. The molecule has 1 aliphatic heterocycles. The molecule has 1 aliphatic carbocycles. The van der Waals surface area contributed by atoms with Crippen molar-refractivity contribution in [2.45, 2.75) is 33.2 Å². The quantitative estimate of drug-likeness (QED) is 0.828. The van der Waals surface area contributed by atoms with Gasteiger partial charge in [0.1, 0.15) is 5.82 Å². The van der Waals surface area contributed by atoms with E-state index in [0.717, 1.165) is 39.0 Å². The van der Waals surface area contributed by atoms with Gasteiger partial charge in [0, 0.05) is 17.7 Å². The van der Waals surface area contributed by atoms with Crippen LogP contribution in [0.4, 0.5) is 4.39 Å². The average molecular weight is 361 g/mol. The lowest BCUT2D eigenvalue weighted by Crippen LogP contribution is -2.26. The van der Waals surface area contributed by atoms with Gasteiger partial charge in [-0.2, -0.15) is 5.26 Å². The van der Waals surface area contributed by atoms with Crippen LogP contribution >= 0.6 is 0 Å². The Morgan fingerprint density at radius 3 is 2.74 bits per heavy atom. The minimum atomic E-state index is -0.598. The van der Waals surface area contributed by atoms with Crippen molar-refractivity contribution < 1.29 is 9.18 Å². The second kappa shape index (κ2) is 6.24. The van der Waals surface area contributed by atoms with Gasteiger partial charge in [0.25, 0.3) is 0 Å². The van der Waals surface area contributed by atoms with Crippen LogP contribution in [-0.4, -0.2) is 17.4 Å². The summed E-state index contributed by atoms with van der Waals surface area (Å²) in [5, 5.41) is 9.19. The summed E-state index contributed by atoms with van der Waals surface area (Å²) in [6, 6.07) is 7.12. The summed E-state index contributed by atoms with van der Waals surface area (Å²) in [6.07, 6.45) is 3.49. The summed E-state index contributed by atoms with van der Waals surface area (Å²) >= 11 is 0. The first kappa shape index (κ1) is 17.3. The van der Waals surface area contributed by atoms with Crippen molar-refractivity contribution in [3.8, 4) is 17.3 Å². The molecule has 0 radical (unpaired) electrons. The fourth-order valence-electron chi connectivity index (χ4n) is 4.31. The van der Waals surface area contributed by atoms with Gasteiger partial charge in [-0.3, -0.25) is 4.79 Å². The van der Waals surface area contributed by atoms with Crippen molar-refractivity contribution in [1.29, 1.82) is 5.26 Å². The van der Waals surface area contributed by atoms with Crippen molar-refractivity contribution in [2.75, 3.05) is 6.54 Å². The number of hydrogen-bond acceptors (Lipinski definition) is 3. The number of nitrogens with two attached hydrogens (primary N) is 1. The maximum Gasteiger partial charge on any atom is 0.249 e. The summed E-state index contributed by atoms with van der Waals surface area (Å²) in [7, 11) is 0. The number of fused-ring (bicyclic) bond motifs is 2. The number of amides is 1. The number of halogens is 1. The Hall–Kier alpha value is -3.13. The van der Waals surface area contributed by atoms with Crippen LogP contribution in [0.25, 0.3) is 16.7 Å². The van der Waals surface area contributed by atoms with Gasteiger partial charge in [0.15, 0.2) is 6.19 Å². The monoisotopic (exact) mass is 361 g/mol. The van der Waals surface area contributed by atoms with E-state index in [4.69, 9.17) is 5.73 Å². The van der Waals surface area contributed by atoms with E-state index in [1.807, 2.05) is 32.0 Å². The number of primary amides is 1. The molecule has 2 aromatic rings. The summed E-state index contributed by atoms with van der Waals surface area (Å²) in [5.41, 5.74) is 13.1. The van der Waals surface area contributed by atoms with E-state index in [-0.39, 0.29) is 5.56 Å². The van der Waals surface area contributed by atoms with E-state index in [0.29, 0.717) is 31.5 Å². The van der Waals surface area contributed by atoms with Crippen molar-refractivity contribution in [3.05, 3.63) is 63.5 Å². The van der Waals surface area contributed by atoms with Crippen molar-refractivity contribution in [3.63, 3.8) is 0 Å². The number of nitriles is 1. The van der Waals surface area contributed by atoms with Crippen LogP contribution in [0, 0.1) is 17.3 Å². The van der Waals surface area contributed by atoms with E-state index in [9.17, 15) is 10.1 Å². The molecule has 2 aromatic carbocycles. The van der Waals surface area contributed by atoms with Gasteiger partial charge < -0.3 is 10.6 Å². The number of nitrogens with zero attached hydrogens (tertiary/aromatic N) is 2. The molecule has 2 aliphatic rings. The van der Waals surface area contributed by atoms with E-state index >= 15 is 4.39 Å². The van der Waals surface area contributed by atoms with Crippen LogP contribution in [0.3, 0.4) is 0 Å². The highest BCUT2D eigenvalue weighted by molar-refractivity contribution is 6.00. The molecule has 4 rings (SSSR count). The number of benzene rings is 2. The second-order valence-electron chi connectivity index (χ2n) is 7.30. The molecule has 4 nitrogen and oxygen atoms in total. The number of carbonyl (C=O) groups is 1. The van der Waals surface area contributed by atoms with Crippen LogP contribution < -0.4 is 5.73 Å². The molecule has 0 saturated heterocycles. The number of carbonyl (C=O) groups excluding carboxylic acids is 1. The first-order chi connectivity index (χ1) is 12.9. The molecule has 1 heterocycles. The third-order valence-corrected chi connectivity index (χ3v) is 5.79. The topological polar surface area (TPSA) is 70.1 Å². The van der Waals surface area contributed by atoms with Crippen LogP contribution in [-0.2, 0) is 19.4 Å². The fraction of sp³-hybridized carbons (Fsp3) is 0.273. The van der Waals surface area contributed by atoms with Crippen molar-refractivity contribution in [2.24, 2.45) is 5.73 Å². The molecule has 0 atom stereocenters. The zero-order chi connectivity index (χ0) is 19.3. The van der Waals surface area contributed by atoms with Crippen LogP contribution in [0.1, 0.15) is 46.5 Å². The Bertz CT molecular complexity index is 1060. The molecule has 0 aromatic heterocycles. The van der Waals surface area contributed by atoms with Gasteiger partial charge >= 0.3 is 0 Å². The molecular formula is C22H20FN3O. The van der Waals surface area contributed by atoms with Crippen LogP contribution in [0.2, 0.25) is 0 Å². The predicted octanol–water partition coefficient (Wildman–Crippen LogP) is 3.78. The standard InChI is InChI=1S/C22H20FN3O/c1-12-8-17-18(22(25)27)9-19(23)21(20(17)13(12)2)16-5-3-4-14-10-26(11-24)7-6-15(14)16/h3-5,9H,6-8,10H2,1-2H3,(H2,25,27). The maximum atomic E-state index is 15.3. The molecule has 0 saturated carbocycles. The molecule has 27 heavy (non-hydrogen) atoms. The van der Waals surface area contributed by atoms with Gasteiger partial charge in [-0.05, 0) is 66.1 Å². The smallest absolute Gasteiger partial charge is 0.249 e. The first-order valence-corrected chi connectivity index (χ1v) is 9.00. The third kappa shape index (κ3) is 2.60. The van der Waals surface area contributed by atoms with E-state index in [1.54, 1.807) is 4.90 Å². The zero-order valence-corrected chi connectivity index (χ0v) is 15.4. The lowest BCUT2D eigenvalue weighted by atomic mass is 9.85. The lowest BCUT2D eigenvalue weighted by Gasteiger charge is -2.27. The van der Waals surface area contributed by atoms with Gasteiger partial charge in [0.2, 0.25) is 5.91 Å². The normalized spacial score (nSPS) is 15.4. The minimum Gasteiger partial charge on any atom is -0.366 e. The highest BCUT2D eigenvalue weighted by Gasteiger charge is 2.29. The van der Waals surface area contributed by atoms with E-state index in [1.165, 1.54) is 6.07 Å². The Labute approximate surface area is 157 Å². The Kier molecular flexibility index (Phi) is 4.00. The molecule has 0 unspecified atom stereocenters. The zero-order valence-electron chi connectivity index (χ0n) is 15.4. The summed E-state index contributed by atoms with van der Waals surface area (Å²) in [5.74, 6) is -1.02. The first-order valence-electron chi connectivity index (χ1n) is 9.00. The van der Waals surface area contributed by atoms with Gasteiger partial charge in [0.05, 0.1) is 6.54 Å². The van der Waals surface area contributed by atoms with Crippen molar-refractivity contribution >= 4 is 11.5 Å². The fourth-order valence-corrected chi connectivity index (χ4v) is 4.31. The predicted molar refractivity (Wildman–Crippen MR) is 102 cm³/mol. The van der Waals surface area contributed by atoms with Gasteiger partial charge in [-0.1, -0.05) is 23.8 Å². The van der Waals surface area contributed by atoms with Gasteiger partial charge in [-0.15, -0.1) is 0 Å². The Balaban J connectivity index is 1.99. The summed E-state index contributed by atoms with van der Waals surface area (Å²) in [6.45, 7) is 5.14. The maximum absolute atomic E-state index is 15.3. The molecule has 1 amide bonds. The van der Waals surface area contributed by atoms with Gasteiger partial charge in [-0.25, -0.2) is 4.39 Å². The molecule has 2 N–H and O–H groups in total. The molecular weight excluding hydrogens is 341 g/mol. The number of rotatable bonds is 2. The van der Waals surface area contributed by atoms with Crippen LogP contribution in [0.5, 0.6) is 0 Å². The van der Waals surface area contributed by atoms with E-state index in [2.05, 4.69) is 6.19 Å². The SMILES string of the molecule is CC1=C(C)c2c(c(C(N)=O)cc(F)c2-c2cccc3c2CCN(C#N)C3)C1. The summed E-state index contributed by atoms with van der Waals surface area (Å²) < 4.78 is 15.3. The van der Waals surface area contributed by atoms with Crippen molar-refractivity contribution in [1.82, 2.24) is 4.90 Å². The third-order valence-electron chi connectivity index (χ3n) is 5.79. The number of hydrogen-bond donors (Lipinski definition) is 1. The Morgan fingerprint density at radius 1 is 1.26 bits per heavy atom. The molecule has 0 fully saturated rings. The lowest BCUT2D eigenvalue weighted by molar-refractivity contribution is 0.0999. The minimum absolute atomic E-state index is 0.267. The average Bonchev–Trinajstić information content (AvgIpc) is 2.95. The molecule has 0 spiro atoms.